The average Bonchev–Trinajstić information content (AvgIpc) is 2.38. The van der Waals surface area contributed by atoms with E-state index in [-0.39, 0.29) is 17.0 Å². The van der Waals surface area contributed by atoms with Gasteiger partial charge in [-0.1, -0.05) is 6.92 Å². The SMILES string of the molecule is CCC1(CO)CCN(CCNC(=O)NC(C)(C)C)CC1. The molecule has 3 N–H and O–H groups in total. The van der Waals surface area contributed by atoms with Crippen LogP contribution in [0.25, 0.3) is 0 Å². The first-order valence-corrected chi connectivity index (χ1v) is 7.69. The highest BCUT2D eigenvalue weighted by atomic mass is 16.3. The van der Waals surface area contributed by atoms with Crippen molar-refractivity contribution >= 4 is 6.03 Å². The third-order valence-electron chi connectivity index (χ3n) is 4.20. The van der Waals surface area contributed by atoms with Crippen LogP contribution in [-0.4, -0.2) is 54.4 Å². The van der Waals surface area contributed by atoms with Crippen LogP contribution in [-0.2, 0) is 0 Å². The summed E-state index contributed by atoms with van der Waals surface area (Å²) in [5.74, 6) is 0. The van der Waals surface area contributed by atoms with Crippen LogP contribution in [0.15, 0.2) is 0 Å². The molecule has 0 bridgehead atoms. The molecule has 1 heterocycles. The Morgan fingerprint density at radius 3 is 2.35 bits per heavy atom. The van der Waals surface area contributed by atoms with Gasteiger partial charge in [0.15, 0.2) is 0 Å². The quantitative estimate of drug-likeness (QED) is 0.718. The summed E-state index contributed by atoms with van der Waals surface area (Å²) in [5.41, 5.74) is -0.0649. The van der Waals surface area contributed by atoms with E-state index in [1.807, 2.05) is 20.8 Å². The summed E-state index contributed by atoms with van der Waals surface area (Å²) in [6.07, 6.45) is 3.14. The minimum absolute atomic E-state index is 0.104. The summed E-state index contributed by atoms with van der Waals surface area (Å²) in [7, 11) is 0. The molecule has 0 unspecified atom stereocenters. The number of nitrogens with zero attached hydrogens (tertiary/aromatic N) is 1. The van der Waals surface area contributed by atoms with Crippen LogP contribution in [0, 0.1) is 5.41 Å². The number of urea groups is 1. The van der Waals surface area contributed by atoms with Crippen molar-refractivity contribution in [3.63, 3.8) is 0 Å². The van der Waals surface area contributed by atoms with Gasteiger partial charge in [-0.15, -0.1) is 0 Å². The van der Waals surface area contributed by atoms with Crippen LogP contribution in [0.5, 0.6) is 0 Å². The maximum atomic E-state index is 11.6. The van der Waals surface area contributed by atoms with Gasteiger partial charge in [-0.05, 0) is 58.5 Å². The Balaban J connectivity index is 2.20. The Bertz CT molecular complexity index is 299. The monoisotopic (exact) mass is 285 g/mol. The van der Waals surface area contributed by atoms with E-state index in [4.69, 9.17) is 0 Å². The standard InChI is InChI=1S/C15H31N3O2/c1-5-15(12-19)6-9-18(10-7-15)11-8-16-13(20)17-14(2,3)4/h19H,5-12H2,1-4H3,(H2,16,17,20). The molecule has 2 amide bonds. The second kappa shape index (κ2) is 7.27. The van der Waals surface area contributed by atoms with Crippen molar-refractivity contribution in [3.05, 3.63) is 0 Å². The topological polar surface area (TPSA) is 64.6 Å². The van der Waals surface area contributed by atoms with Crippen molar-refractivity contribution in [2.24, 2.45) is 5.41 Å². The number of hydrogen-bond donors (Lipinski definition) is 3. The van der Waals surface area contributed by atoms with E-state index in [0.29, 0.717) is 13.2 Å². The lowest BCUT2D eigenvalue weighted by atomic mass is 9.77. The first-order chi connectivity index (χ1) is 9.30. The van der Waals surface area contributed by atoms with Crippen LogP contribution in [0.3, 0.4) is 0 Å². The smallest absolute Gasteiger partial charge is 0.315 e. The molecule has 5 nitrogen and oxygen atoms in total. The number of aliphatic hydroxyl groups excluding tert-OH is 1. The lowest BCUT2D eigenvalue weighted by molar-refractivity contribution is 0.0416. The molecule has 1 saturated heterocycles. The summed E-state index contributed by atoms with van der Waals surface area (Å²) < 4.78 is 0. The van der Waals surface area contributed by atoms with E-state index in [2.05, 4.69) is 22.5 Å². The van der Waals surface area contributed by atoms with Crippen molar-refractivity contribution < 1.29 is 9.90 Å². The van der Waals surface area contributed by atoms with Crippen LogP contribution in [0.2, 0.25) is 0 Å². The average molecular weight is 285 g/mol. The molecule has 0 aliphatic carbocycles. The molecule has 0 saturated carbocycles. The summed E-state index contributed by atoms with van der Waals surface area (Å²) >= 11 is 0. The third kappa shape index (κ3) is 5.67. The first-order valence-electron chi connectivity index (χ1n) is 7.69. The molecule has 1 aliphatic heterocycles. The molecule has 1 fully saturated rings. The van der Waals surface area contributed by atoms with Crippen molar-refractivity contribution in [2.75, 3.05) is 32.8 Å². The van der Waals surface area contributed by atoms with Gasteiger partial charge in [-0.2, -0.15) is 0 Å². The Kier molecular flexibility index (Phi) is 6.27. The molecule has 0 radical (unpaired) electrons. The summed E-state index contributed by atoms with van der Waals surface area (Å²) in [5, 5.41) is 15.3. The molecule has 0 aromatic carbocycles. The fourth-order valence-electron chi connectivity index (χ4n) is 2.59. The predicted octanol–water partition coefficient (Wildman–Crippen LogP) is 1.57. The predicted molar refractivity (Wildman–Crippen MR) is 81.8 cm³/mol. The van der Waals surface area contributed by atoms with Crippen LogP contribution >= 0.6 is 0 Å². The number of carbonyl (C=O) groups is 1. The van der Waals surface area contributed by atoms with Gasteiger partial charge < -0.3 is 20.6 Å². The van der Waals surface area contributed by atoms with Crippen molar-refractivity contribution in [1.29, 1.82) is 0 Å². The highest BCUT2D eigenvalue weighted by Crippen LogP contribution is 2.33. The molecular weight excluding hydrogens is 254 g/mol. The van der Waals surface area contributed by atoms with Crippen LogP contribution in [0.4, 0.5) is 4.79 Å². The van der Waals surface area contributed by atoms with E-state index in [0.717, 1.165) is 38.9 Å². The Morgan fingerprint density at radius 2 is 1.90 bits per heavy atom. The summed E-state index contributed by atoms with van der Waals surface area (Å²) in [4.78, 5) is 14.0. The third-order valence-corrected chi connectivity index (χ3v) is 4.20. The number of likely N-dealkylation sites (tertiary alicyclic amines) is 1. The van der Waals surface area contributed by atoms with Crippen molar-refractivity contribution in [1.82, 2.24) is 15.5 Å². The van der Waals surface area contributed by atoms with E-state index >= 15 is 0 Å². The highest BCUT2D eigenvalue weighted by Gasteiger charge is 2.31. The minimum Gasteiger partial charge on any atom is -0.396 e. The van der Waals surface area contributed by atoms with E-state index < -0.39 is 0 Å². The number of piperidine rings is 1. The number of carbonyl (C=O) groups excluding carboxylic acids is 1. The maximum Gasteiger partial charge on any atom is 0.315 e. The molecule has 1 rings (SSSR count). The molecule has 0 aromatic heterocycles. The molecule has 1 aliphatic rings. The second-order valence-electron chi connectivity index (χ2n) is 6.98. The number of aliphatic hydroxyl groups is 1. The normalized spacial score (nSPS) is 19.6. The zero-order valence-electron chi connectivity index (χ0n) is 13.5. The van der Waals surface area contributed by atoms with Gasteiger partial charge >= 0.3 is 6.03 Å². The van der Waals surface area contributed by atoms with Crippen LogP contribution in [0.1, 0.15) is 47.0 Å². The lowest BCUT2D eigenvalue weighted by Crippen LogP contribution is -2.49. The van der Waals surface area contributed by atoms with E-state index in [9.17, 15) is 9.90 Å². The molecule has 5 heteroatoms. The number of hydrogen-bond acceptors (Lipinski definition) is 3. The Morgan fingerprint density at radius 1 is 1.30 bits per heavy atom. The summed E-state index contributed by atoms with van der Waals surface area (Å²) in [6, 6.07) is -0.104. The number of nitrogens with one attached hydrogen (secondary N) is 2. The van der Waals surface area contributed by atoms with E-state index in [1.165, 1.54) is 0 Å². The second-order valence-corrected chi connectivity index (χ2v) is 6.98. The maximum absolute atomic E-state index is 11.6. The molecule has 20 heavy (non-hydrogen) atoms. The summed E-state index contributed by atoms with van der Waals surface area (Å²) in [6.45, 7) is 11.9. The molecular formula is C15H31N3O2. The fourth-order valence-corrected chi connectivity index (χ4v) is 2.59. The number of rotatable bonds is 5. The Labute approximate surface area is 123 Å². The zero-order valence-corrected chi connectivity index (χ0v) is 13.5. The van der Waals surface area contributed by atoms with Gasteiger partial charge in [0.2, 0.25) is 0 Å². The van der Waals surface area contributed by atoms with Gasteiger partial charge in [-0.3, -0.25) is 0 Å². The lowest BCUT2D eigenvalue weighted by Gasteiger charge is -2.40. The Hall–Kier alpha value is -0.810. The van der Waals surface area contributed by atoms with Gasteiger partial charge in [0.05, 0.1) is 0 Å². The van der Waals surface area contributed by atoms with E-state index in [1.54, 1.807) is 0 Å². The van der Waals surface area contributed by atoms with Gasteiger partial charge in [0.25, 0.3) is 0 Å². The molecule has 118 valence electrons. The van der Waals surface area contributed by atoms with Gasteiger partial charge in [0, 0.05) is 25.2 Å². The number of amides is 2. The molecule has 0 aromatic rings. The van der Waals surface area contributed by atoms with Crippen molar-refractivity contribution in [3.8, 4) is 0 Å². The van der Waals surface area contributed by atoms with Gasteiger partial charge in [0.1, 0.15) is 0 Å². The molecule has 0 spiro atoms. The highest BCUT2D eigenvalue weighted by molar-refractivity contribution is 5.74. The minimum atomic E-state index is -0.197. The first kappa shape index (κ1) is 17.2. The molecule has 0 atom stereocenters. The van der Waals surface area contributed by atoms with Crippen molar-refractivity contribution in [2.45, 2.75) is 52.5 Å². The fraction of sp³-hybridized carbons (Fsp3) is 0.933. The van der Waals surface area contributed by atoms with Gasteiger partial charge in [-0.25, -0.2) is 4.79 Å². The largest absolute Gasteiger partial charge is 0.396 e. The van der Waals surface area contributed by atoms with Crippen LogP contribution < -0.4 is 10.6 Å². The zero-order chi connectivity index (χ0) is 15.2.